The molecule has 5 aromatic rings. The predicted octanol–water partition coefficient (Wildman–Crippen LogP) is 5.48. The minimum absolute atomic E-state index is 0.115. The number of nitrogens with zero attached hydrogens (tertiary/aromatic N) is 5. The first-order valence-electron chi connectivity index (χ1n) is 11.6. The van der Waals surface area contributed by atoms with Crippen LogP contribution in [-0.4, -0.2) is 50.8 Å². The highest BCUT2D eigenvalue weighted by atomic mass is 32.1. The van der Waals surface area contributed by atoms with Crippen molar-refractivity contribution in [2.75, 3.05) is 19.0 Å². The van der Waals surface area contributed by atoms with E-state index in [0.29, 0.717) is 38.0 Å². The zero-order chi connectivity index (χ0) is 26.8. The minimum Gasteiger partial charge on any atom is -0.480 e. The Kier molecular flexibility index (Phi) is 6.97. The maximum Gasteiger partial charge on any atom is 0.411 e. The molecule has 0 saturated heterocycles. The van der Waals surface area contributed by atoms with Gasteiger partial charge in [0.2, 0.25) is 5.88 Å². The summed E-state index contributed by atoms with van der Waals surface area (Å²) in [5.41, 5.74) is 4.76. The molecule has 0 aliphatic carbocycles. The highest BCUT2D eigenvalue weighted by Gasteiger charge is 2.18. The molecule has 1 amide bonds. The molecule has 1 N–H and O–H groups in total. The van der Waals surface area contributed by atoms with Gasteiger partial charge in [-0.1, -0.05) is 11.3 Å². The zero-order valence-corrected chi connectivity index (χ0v) is 21.8. The molecule has 0 spiro atoms. The Morgan fingerprint density at radius 1 is 1.08 bits per heavy atom. The first kappa shape index (κ1) is 25.2. The fourth-order valence-corrected chi connectivity index (χ4v) is 4.58. The first-order chi connectivity index (χ1) is 18.3. The molecule has 1 aromatic carbocycles. The highest BCUT2D eigenvalue weighted by molar-refractivity contribution is 7.21. The van der Waals surface area contributed by atoms with Gasteiger partial charge in [0.25, 0.3) is 5.88 Å². The molecular weight excluding hydrogens is 511 g/mol. The number of halogens is 1. The smallest absolute Gasteiger partial charge is 0.411 e. The monoisotopic (exact) mass is 534 g/mol. The second-order valence-corrected chi connectivity index (χ2v) is 9.53. The molecule has 0 aliphatic heterocycles. The van der Waals surface area contributed by atoms with Crippen molar-refractivity contribution in [2.24, 2.45) is 0 Å². The summed E-state index contributed by atoms with van der Waals surface area (Å²) in [6.45, 7) is 5.32. The van der Waals surface area contributed by atoms with E-state index in [1.165, 1.54) is 30.7 Å². The summed E-state index contributed by atoms with van der Waals surface area (Å²) in [5.74, 6) is -0.466. The summed E-state index contributed by atoms with van der Waals surface area (Å²) in [4.78, 5) is 34.5. The van der Waals surface area contributed by atoms with E-state index in [1.54, 1.807) is 25.3 Å². The van der Waals surface area contributed by atoms with Gasteiger partial charge in [0.15, 0.2) is 5.82 Å². The molecule has 0 radical (unpaired) electrons. The van der Waals surface area contributed by atoms with Crippen LogP contribution in [0.25, 0.3) is 32.0 Å². The number of hydrogen-bond donors (Lipinski definition) is 1. The van der Waals surface area contributed by atoms with E-state index in [1.807, 2.05) is 26.0 Å². The van der Waals surface area contributed by atoms with Crippen LogP contribution in [0.4, 0.5) is 14.9 Å². The SMILES string of the molecule is COc1cnc2c(-c3nc4cc(F)c(O[C@@H](C)COC(=O)Nc5ccc(C)nc5)nc4s3)cc(C)cc2n1. The summed E-state index contributed by atoms with van der Waals surface area (Å²) >= 11 is 1.29. The van der Waals surface area contributed by atoms with Gasteiger partial charge in [-0.3, -0.25) is 10.3 Å². The van der Waals surface area contributed by atoms with E-state index in [9.17, 15) is 9.18 Å². The fourth-order valence-electron chi connectivity index (χ4n) is 3.65. The number of ether oxygens (including phenoxy) is 3. The van der Waals surface area contributed by atoms with E-state index in [2.05, 4.69) is 30.2 Å². The van der Waals surface area contributed by atoms with E-state index in [4.69, 9.17) is 14.2 Å². The molecule has 38 heavy (non-hydrogen) atoms. The number of nitrogens with one attached hydrogen (secondary N) is 1. The average Bonchev–Trinajstić information content (AvgIpc) is 3.30. The van der Waals surface area contributed by atoms with Gasteiger partial charge in [0.1, 0.15) is 28.1 Å². The lowest BCUT2D eigenvalue weighted by molar-refractivity contribution is 0.0941. The molecule has 0 saturated carbocycles. The standard InChI is InChI=1S/C26H23FN6O4S/c1-13-7-17(22-19(8-13)31-21(35-4)11-29-22)24-32-20-9-18(27)23(33-25(20)38-24)37-15(3)12-36-26(34)30-16-6-5-14(2)28-10-16/h5-11,15H,12H2,1-4H3,(H,30,34)/t15-/m0/s1. The second-order valence-electron chi connectivity index (χ2n) is 8.55. The Hall–Kier alpha value is -4.45. The van der Waals surface area contributed by atoms with E-state index < -0.39 is 18.0 Å². The number of aryl methyl sites for hydroxylation is 2. The maximum atomic E-state index is 14.8. The van der Waals surface area contributed by atoms with Crippen LogP contribution in [-0.2, 0) is 4.74 Å². The number of pyridine rings is 2. The van der Waals surface area contributed by atoms with Crippen molar-refractivity contribution >= 4 is 44.5 Å². The summed E-state index contributed by atoms with van der Waals surface area (Å²) in [7, 11) is 1.53. The van der Waals surface area contributed by atoms with Crippen molar-refractivity contribution in [2.45, 2.75) is 26.9 Å². The number of amides is 1. The average molecular weight is 535 g/mol. The van der Waals surface area contributed by atoms with Crippen molar-refractivity contribution in [1.29, 1.82) is 0 Å². The Labute approximate surface area is 220 Å². The third-order valence-corrected chi connectivity index (χ3v) is 6.43. The molecule has 5 rings (SSSR count). The third-order valence-electron chi connectivity index (χ3n) is 5.43. The molecule has 12 heteroatoms. The summed E-state index contributed by atoms with van der Waals surface area (Å²) < 4.78 is 30.8. The molecule has 4 aromatic heterocycles. The molecular formula is C26H23FN6O4S. The molecule has 0 fully saturated rings. The minimum atomic E-state index is -0.673. The van der Waals surface area contributed by atoms with Gasteiger partial charge in [-0.2, -0.15) is 4.98 Å². The van der Waals surface area contributed by atoms with Gasteiger partial charge in [0, 0.05) is 17.3 Å². The van der Waals surface area contributed by atoms with Crippen LogP contribution in [0.2, 0.25) is 0 Å². The van der Waals surface area contributed by atoms with Gasteiger partial charge in [-0.15, -0.1) is 0 Å². The normalized spacial score (nSPS) is 11.9. The topological polar surface area (TPSA) is 121 Å². The number of methoxy groups -OCH3 is 1. The number of thiazole rings is 1. The summed E-state index contributed by atoms with van der Waals surface area (Å²) in [6, 6.07) is 8.61. The maximum absolute atomic E-state index is 14.8. The van der Waals surface area contributed by atoms with Gasteiger partial charge in [-0.25, -0.2) is 24.1 Å². The number of anilines is 1. The van der Waals surface area contributed by atoms with Gasteiger partial charge in [0.05, 0.1) is 36.2 Å². The number of rotatable bonds is 7. The lowest BCUT2D eigenvalue weighted by Crippen LogP contribution is -2.24. The van der Waals surface area contributed by atoms with Gasteiger partial charge >= 0.3 is 6.09 Å². The number of hydrogen-bond acceptors (Lipinski definition) is 10. The van der Waals surface area contributed by atoms with Crippen molar-refractivity contribution in [3.63, 3.8) is 0 Å². The fraction of sp³-hybridized carbons (Fsp3) is 0.231. The van der Waals surface area contributed by atoms with Crippen LogP contribution in [0, 0.1) is 19.7 Å². The van der Waals surface area contributed by atoms with Crippen molar-refractivity contribution in [3.05, 3.63) is 59.8 Å². The predicted molar refractivity (Wildman–Crippen MR) is 141 cm³/mol. The number of aromatic nitrogens is 5. The molecule has 10 nitrogen and oxygen atoms in total. The van der Waals surface area contributed by atoms with E-state index >= 15 is 0 Å². The number of carbonyl (C=O) groups excluding carboxylic acids is 1. The largest absolute Gasteiger partial charge is 0.480 e. The third kappa shape index (κ3) is 5.44. The zero-order valence-electron chi connectivity index (χ0n) is 21.0. The van der Waals surface area contributed by atoms with Crippen molar-refractivity contribution in [1.82, 2.24) is 24.9 Å². The van der Waals surface area contributed by atoms with Crippen LogP contribution in [0.3, 0.4) is 0 Å². The number of benzene rings is 1. The number of fused-ring (bicyclic) bond motifs is 2. The van der Waals surface area contributed by atoms with E-state index in [-0.39, 0.29) is 12.5 Å². The van der Waals surface area contributed by atoms with Crippen LogP contribution >= 0.6 is 11.3 Å². The summed E-state index contributed by atoms with van der Waals surface area (Å²) in [5, 5.41) is 3.19. The van der Waals surface area contributed by atoms with Crippen molar-refractivity contribution in [3.8, 4) is 22.3 Å². The van der Waals surface area contributed by atoms with Crippen LogP contribution in [0.5, 0.6) is 11.8 Å². The Morgan fingerprint density at radius 2 is 1.92 bits per heavy atom. The van der Waals surface area contributed by atoms with Crippen LogP contribution in [0.15, 0.2) is 42.7 Å². The first-order valence-corrected chi connectivity index (χ1v) is 12.4. The lowest BCUT2D eigenvalue weighted by atomic mass is 10.1. The Morgan fingerprint density at radius 3 is 2.68 bits per heavy atom. The molecule has 194 valence electrons. The molecule has 4 heterocycles. The lowest BCUT2D eigenvalue weighted by Gasteiger charge is -2.14. The molecule has 0 aliphatic rings. The quantitative estimate of drug-likeness (QED) is 0.289. The van der Waals surface area contributed by atoms with Crippen LogP contribution in [0.1, 0.15) is 18.2 Å². The number of carbonyl (C=O) groups is 1. The van der Waals surface area contributed by atoms with E-state index in [0.717, 1.165) is 16.8 Å². The molecule has 0 bridgehead atoms. The van der Waals surface area contributed by atoms with Crippen molar-refractivity contribution < 1.29 is 23.4 Å². The molecule has 1 atom stereocenters. The highest BCUT2D eigenvalue weighted by Crippen LogP contribution is 2.35. The van der Waals surface area contributed by atoms with Gasteiger partial charge < -0.3 is 14.2 Å². The Bertz CT molecular complexity index is 1640. The second kappa shape index (κ2) is 10.5. The summed E-state index contributed by atoms with van der Waals surface area (Å²) in [6.07, 6.45) is 1.74. The Balaban J connectivity index is 1.32. The molecule has 0 unspecified atom stereocenters. The van der Waals surface area contributed by atoms with Crippen LogP contribution < -0.4 is 14.8 Å². The van der Waals surface area contributed by atoms with Gasteiger partial charge in [-0.05, 0) is 50.6 Å².